The van der Waals surface area contributed by atoms with Gasteiger partial charge in [0.25, 0.3) is 5.91 Å². The van der Waals surface area contributed by atoms with E-state index in [1.807, 2.05) is 12.1 Å². The second-order valence-electron chi connectivity index (χ2n) is 8.36. The van der Waals surface area contributed by atoms with Crippen molar-refractivity contribution < 1.29 is 17.9 Å². The van der Waals surface area contributed by atoms with Gasteiger partial charge in [-0.05, 0) is 48.2 Å². The number of nitrogens with zero attached hydrogens (tertiary/aromatic N) is 3. The molecule has 2 atom stereocenters. The maximum Gasteiger partial charge on any atom is 0.255 e. The molecule has 11 heteroatoms. The first-order chi connectivity index (χ1) is 16.6. The molecule has 0 bridgehead atoms. The summed E-state index contributed by atoms with van der Waals surface area (Å²) in [4.78, 5) is 23.1. The lowest BCUT2D eigenvalue weighted by molar-refractivity contribution is 0.0783. The molecule has 0 saturated carbocycles. The average Bonchev–Trinajstić information content (AvgIpc) is 3.25. The van der Waals surface area contributed by atoms with Crippen LogP contribution in [0.25, 0.3) is 0 Å². The third-order valence-corrected chi connectivity index (χ3v) is 7.87. The van der Waals surface area contributed by atoms with Gasteiger partial charge in [-0.3, -0.25) is 4.79 Å². The average molecular weight is 555 g/mol. The number of pyridine rings is 2. The fourth-order valence-corrected chi connectivity index (χ4v) is 5.10. The van der Waals surface area contributed by atoms with Crippen LogP contribution in [0.4, 0.5) is 0 Å². The van der Waals surface area contributed by atoms with Crippen molar-refractivity contribution in [3.63, 3.8) is 0 Å². The van der Waals surface area contributed by atoms with E-state index in [9.17, 15) is 13.2 Å². The molecule has 1 aliphatic rings. The molecule has 1 fully saturated rings. The van der Waals surface area contributed by atoms with Gasteiger partial charge in [-0.1, -0.05) is 40.9 Å². The molecule has 4 rings (SSSR count). The Labute approximate surface area is 218 Å². The van der Waals surface area contributed by atoms with Crippen molar-refractivity contribution in [2.24, 2.45) is 5.92 Å². The monoisotopic (exact) mass is 553 g/mol. The summed E-state index contributed by atoms with van der Waals surface area (Å²) < 4.78 is 29.2. The van der Waals surface area contributed by atoms with Crippen molar-refractivity contribution in [1.82, 2.24) is 14.9 Å². The zero-order chi connectivity index (χ0) is 25.2. The Bertz CT molecular complexity index is 1320. The number of sulfone groups is 1. The Balaban J connectivity index is 1.51. The van der Waals surface area contributed by atoms with Gasteiger partial charge in [-0.15, -0.1) is 0 Å². The molecule has 7 nitrogen and oxygen atoms in total. The molecule has 3 aromatic rings. The van der Waals surface area contributed by atoms with Gasteiger partial charge in [-0.2, -0.15) is 0 Å². The van der Waals surface area contributed by atoms with Crippen LogP contribution in [0.1, 0.15) is 28.3 Å². The number of hydrogen-bond acceptors (Lipinski definition) is 6. The molecule has 184 valence electrons. The molecule has 1 amide bonds. The Morgan fingerprint density at radius 2 is 1.83 bits per heavy atom. The lowest BCUT2D eigenvalue weighted by atomic mass is 9.87. The van der Waals surface area contributed by atoms with Crippen molar-refractivity contribution in [2.75, 3.05) is 26.0 Å². The zero-order valence-electron chi connectivity index (χ0n) is 18.7. The van der Waals surface area contributed by atoms with Gasteiger partial charge in [0.05, 0.1) is 27.2 Å². The molecule has 1 aromatic carbocycles. The van der Waals surface area contributed by atoms with Crippen LogP contribution in [-0.2, 0) is 9.84 Å². The topological polar surface area (TPSA) is 89.5 Å². The number of aromatic nitrogens is 2. The van der Waals surface area contributed by atoms with Gasteiger partial charge in [0, 0.05) is 43.7 Å². The molecular weight excluding hydrogens is 533 g/mol. The molecule has 0 spiro atoms. The molecular formula is C24H22Cl3N3O4S. The van der Waals surface area contributed by atoms with Crippen molar-refractivity contribution in [3.8, 4) is 5.88 Å². The number of carbonyl (C=O) groups excluding carboxylic acids is 1. The van der Waals surface area contributed by atoms with Crippen LogP contribution in [-0.4, -0.2) is 55.1 Å². The summed E-state index contributed by atoms with van der Waals surface area (Å²) in [6.07, 6.45) is 4.57. The summed E-state index contributed by atoms with van der Waals surface area (Å²) in [5.41, 5.74) is 1.31. The number of carbonyl (C=O) groups is 1. The number of ether oxygens (including phenoxy) is 1. The maximum absolute atomic E-state index is 13.2. The minimum Gasteiger partial charge on any atom is -0.478 e. The Morgan fingerprint density at radius 3 is 2.46 bits per heavy atom. The fourth-order valence-electron chi connectivity index (χ4n) is 4.12. The molecule has 1 saturated heterocycles. The van der Waals surface area contributed by atoms with E-state index in [0.717, 1.165) is 11.8 Å². The van der Waals surface area contributed by atoms with Crippen LogP contribution >= 0.6 is 34.8 Å². The van der Waals surface area contributed by atoms with E-state index >= 15 is 0 Å². The SMILES string of the molecule is CS(=O)(=O)c1ccc(C(=O)N2C[C@@H](CCOc3ccc(Cl)cn3)[C@@H](c3ccc(Cl)c(Cl)c3)C2)cn1. The van der Waals surface area contributed by atoms with Crippen molar-refractivity contribution >= 4 is 50.5 Å². The van der Waals surface area contributed by atoms with E-state index in [1.54, 1.807) is 23.1 Å². The minimum absolute atomic E-state index is 0.0127. The maximum atomic E-state index is 13.2. The quantitative estimate of drug-likeness (QED) is 0.401. The molecule has 1 aliphatic heterocycles. The largest absolute Gasteiger partial charge is 0.478 e. The molecule has 0 aliphatic carbocycles. The number of rotatable bonds is 7. The summed E-state index contributed by atoms with van der Waals surface area (Å²) in [6, 6.07) is 11.8. The highest BCUT2D eigenvalue weighted by molar-refractivity contribution is 7.90. The van der Waals surface area contributed by atoms with Gasteiger partial charge in [0.15, 0.2) is 14.9 Å². The highest BCUT2D eigenvalue weighted by Gasteiger charge is 2.36. The first-order valence-electron chi connectivity index (χ1n) is 10.8. The first-order valence-corrected chi connectivity index (χ1v) is 13.8. The van der Waals surface area contributed by atoms with Gasteiger partial charge < -0.3 is 9.64 Å². The van der Waals surface area contributed by atoms with Crippen molar-refractivity contribution in [3.05, 3.63) is 81.1 Å². The molecule has 2 aromatic heterocycles. The van der Waals surface area contributed by atoms with E-state index in [1.165, 1.54) is 24.5 Å². The fraction of sp³-hybridized carbons (Fsp3) is 0.292. The number of benzene rings is 1. The third kappa shape index (κ3) is 6.25. The normalized spacial score (nSPS) is 18.0. The minimum atomic E-state index is -3.45. The van der Waals surface area contributed by atoms with E-state index < -0.39 is 9.84 Å². The predicted molar refractivity (Wildman–Crippen MR) is 135 cm³/mol. The molecule has 0 N–H and O–H groups in total. The van der Waals surface area contributed by atoms with E-state index in [2.05, 4.69) is 9.97 Å². The number of amides is 1. The number of likely N-dealkylation sites (tertiary alicyclic amines) is 1. The third-order valence-electron chi connectivity index (χ3n) is 5.90. The molecule has 35 heavy (non-hydrogen) atoms. The summed E-state index contributed by atoms with van der Waals surface area (Å²) in [7, 11) is -3.45. The van der Waals surface area contributed by atoms with Crippen LogP contribution in [0, 0.1) is 5.92 Å². The lowest BCUT2D eigenvalue weighted by Gasteiger charge is -2.19. The van der Waals surface area contributed by atoms with Crippen molar-refractivity contribution in [1.29, 1.82) is 0 Å². The Hall–Kier alpha value is -2.39. The summed E-state index contributed by atoms with van der Waals surface area (Å²) in [6.45, 7) is 1.37. The summed E-state index contributed by atoms with van der Waals surface area (Å²) in [5.74, 6) is 0.361. The predicted octanol–water partition coefficient (Wildman–Crippen LogP) is 5.17. The van der Waals surface area contributed by atoms with Crippen LogP contribution in [0.5, 0.6) is 5.88 Å². The van der Waals surface area contributed by atoms with Gasteiger partial charge in [-0.25, -0.2) is 18.4 Å². The van der Waals surface area contributed by atoms with Crippen LogP contribution in [0.3, 0.4) is 0 Å². The standard InChI is InChI=1S/C24H22Cl3N3O4S/c1-35(32,33)23-7-3-16(11-29-23)24(31)30-13-17(8-9-34-22-6-4-18(25)12-28-22)19(14-30)15-2-5-20(26)21(27)10-15/h2-7,10-12,17,19H,8-9,13-14H2,1H3/t17-,19-/m1/s1. The summed E-state index contributed by atoms with van der Waals surface area (Å²) >= 11 is 18.3. The number of halogens is 3. The molecule has 0 radical (unpaired) electrons. The van der Waals surface area contributed by atoms with Crippen LogP contribution in [0.15, 0.2) is 59.9 Å². The van der Waals surface area contributed by atoms with Crippen LogP contribution < -0.4 is 4.74 Å². The second kappa shape index (κ2) is 10.7. The van der Waals surface area contributed by atoms with E-state index in [-0.39, 0.29) is 22.8 Å². The highest BCUT2D eigenvalue weighted by atomic mass is 35.5. The lowest BCUT2D eigenvalue weighted by Crippen LogP contribution is -2.29. The highest BCUT2D eigenvalue weighted by Crippen LogP contribution is 2.38. The van der Waals surface area contributed by atoms with E-state index in [0.29, 0.717) is 52.6 Å². The molecule has 0 unspecified atom stereocenters. The zero-order valence-corrected chi connectivity index (χ0v) is 21.8. The Morgan fingerprint density at radius 1 is 1.03 bits per heavy atom. The first kappa shape index (κ1) is 25.7. The molecule has 3 heterocycles. The van der Waals surface area contributed by atoms with Gasteiger partial charge in [0.2, 0.25) is 5.88 Å². The van der Waals surface area contributed by atoms with Gasteiger partial charge >= 0.3 is 0 Å². The van der Waals surface area contributed by atoms with E-state index in [4.69, 9.17) is 39.5 Å². The Kier molecular flexibility index (Phi) is 7.86. The van der Waals surface area contributed by atoms with Crippen molar-refractivity contribution in [2.45, 2.75) is 17.4 Å². The second-order valence-corrected chi connectivity index (χ2v) is 11.6. The van der Waals surface area contributed by atoms with Gasteiger partial charge in [0.1, 0.15) is 0 Å². The number of hydrogen-bond donors (Lipinski definition) is 0. The smallest absolute Gasteiger partial charge is 0.255 e. The summed E-state index contributed by atoms with van der Waals surface area (Å²) in [5, 5.41) is 1.37. The van der Waals surface area contributed by atoms with Crippen LogP contribution in [0.2, 0.25) is 15.1 Å².